The summed E-state index contributed by atoms with van der Waals surface area (Å²) in [6, 6.07) is 11.7. The van der Waals surface area contributed by atoms with Crippen LogP contribution in [0.5, 0.6) is 5.75 Å². The zero-order valence-corrected chi connectivity index (χ0v) is 11.6. The van der Waals surface area contributed by atoms with Crippen LogP contribution in [0.3, 0.4) is 0 Å². The summed E-state index contributed by atoms with van der Waals surface area (Å²) in [5, 5.41) is 3.27. The molecule has 0 saturated carbocycles. The monoisotopic (exact) mass is 280 g/mol. The number of fused-ring (bicyclic) bond motifs is 2. The molecule has 2 aromatic rings. The van der Waals surface area contributed by atoms with Crippen molar-refractivity contribution in [3.8, 4) is 5.75 Å². The molecule has 2 aliphatic rings. The Bertz CT molecular complexity index is 699. The van der Waals surface area contributed by atoms with Gasteiger partial charge in [0.25, 0.3) is 0 Å². The van der Waals surface area contributed by atoms with E-state index in [1.807, 2.05) is 30.3 Å². The van der Waals surface area contributed by atoms with Crippen LogP contribution >= 0.6 is 0 Å². The minimum Gasteiger partial charge on any atom is -0.479 e. The lowest BCUT2D eigenvalue weighted by Crippen LogP contribution is -2.40. The number of para-hydroxylation sites is 2. The Kier molecular flexibility index (Phi) is 2.88. The van der Waals surface area contributed by atoms with Crippen molar-refractivity contribution in [2.45, 2.75) is 24.9 Å². The summed E-state index contributed by atoms with van der Waals surface area (Å²) in [4.78, 5) is 17.2. The number of hydrogen-bond donors (Lipinski definition) is 1. The largest absolute Gasteiger partial charge is 0.479 e. The van der Waals surface area contributed by atoms with Crippen molar-refractivity contribution in [3.05, 3.63) is 53.9 Å². The van der Waals surface area contributed by atoms with Crippen LogP contribution in [-0.2, 0) is 11.2 Å². The molecule has 0 fully saturated rings. The predicted octanol–water partition coefficient (Wildman–Crippen LogP) is 2.55. The van der Waals surface area contributed by atoms with Gasteiger partial charge in [0.1, 0.15) is 5.75 Å². The van der Waals surface area contributed by atoms with Crippen LogP contribution in [0.25, 0.3) is 0 Å². The first kappa shape index (κ1) is 12.4. The van der Waals surface area contributed by atoms with Crippen LogP contribution in [0.15, 0.2) is 42.6 Å². The molecular formula is C17H16N2O2. The molecule has 2 heterocycles. The van der Waals surface area contributed by atoms with Gasteiger partial charge in [0.15, 0.2) is 11.9 Å². The van der Waals surface area contributed by atoms with Crippen LogP contribution in [0.2, 0.25) is 0 Å². The third kappa shape index (κ3) is 2.07. The molecule has 1 aromatic heterocycles. The molecular weight excluding hydrogens is 264 g/mol. The van der Waals surface area contributed by atoms with Crippen LogP contribution in [0, 0.1) is 0 Å². The number of nitrogens with zero attached hydrogens (tertiary/aromatic N) is 1. The SMILES string of the molecule is O=C(C1CNc2ccccc2O1)C1CCc2cccnc21. The molecule has 106 valence electrons. The summed E-state index contributed by atoms with van der Waals surface area (Å²) in [6.45, 7) is 0.522. The van der Waals surface area contributed by atoms with E-state index in [2.05, 4.69) is 16.4 Å². The molecule has 0 radical (unpaired) electrons. The summed E-state index contributed by atoms with van der Waals surface area (Å²) in [5.41, 5.74) is 3.08. The number of carbonyl (C=O) groups excluding carboxylic acids is 1. The highest BCUT2D eigenvalue weighted by Gasteiger charge is 2.36. The highest BCUT2D eigenvalue weighted by atomic mass is 16.5. The van der Waals surface area contributed by atoms with Gasteiger partial charge in [-0.25, -0.2) is 0 Å². The van der Waals surface area contributed by atoms with Crippen LogP contribution < -0.4 is 10.1 Å². The zero-order valence-electron chi connectivity index (χ0n) is 11.6. The van der Waals surface area contributed by atoms with Crippen molar-refractivity contribution in [2.24, 2.45) is 0 Å². The first-order valence-electron chi connectivity index (χ1n) is 7.30. The van der Waals surface area contributed by atoms with Crippen LogP contribution in [-0.4, -0.2) is 23.4 Å². The molecule has 1 aliphatic heterocycles. The number of aromatic nitrogens is 1. The molecule has 1 N–H and O–H groups in total. The fraction of sp³-hybridized carbons (Fsp3) is 0.294. The van der Waals surface area contributed by atoms with Crippen molar-refractivity contribution >= 4 is 11.5 Å². The Labute approximate surface area is 123 Å². The number of benzene rings is 1. The average Bonchev–Trinajstić information content (AvgIpc) is 2.98. The molecule has 1 aliphatic carbocycles. The quantitative estimate of drug-likeness (QED) is 0.918. The van der Waals surface area contributed by atoms with Crippen molar-refractivity contribution in [1.82, 2.24) is 4.98 Å². The van der Waals surface area contributed by atoms with E-state index >= 15 is 0 Å². The second-order valence-electron chi connectivity index (χ2n) is 5.52. The summed E-state index contributed by atoms with van der Waals surface area (Å²) >= 11 is 0. The van der Waals surface area contributed by atoms with Gasteiger partial charge in [-0.05, 0) is 36.6 Å². The molecule has 0 bridgehead atoms. The van der Waals surface area contributed by atoms with Crippen molar-refractivity contribution in [3.63, 3.8) is 0 Å². The van der Waals surface area contributed by atoms with Crippen LogP contribution in [0.4, 0.5) is 5.69 Å². The molecule has 0 spiro atoms. The van der Waals surface area contributed by atoms with Gasteiger partial charge in [0.2, 0.25) is 0 Å². The van der Waals surface area contributed by atoms with Gasteiger partial charge < -0.3 is 10.1 Å². The third-order valence-corrected chi connectivity index (χ3v) is 4.25. The topological polar surface area (TPSA) is 51.2 Å². The number of carbonyl (C=O) groups is 1. The Morgan fingerprint density at radius 3 is 3.10 bits per heavy atom. The first-order valence-corrected chi connectivity index (χ1v) is 7.30. The van der Waals surface area contributed by atoms with E-state index in [1.54, 1.807) is 6.20 Å². The Balaban J connectivity index is 1.57. The summed E-state index contributed by atoms with van der Waals surface area (Å²) in [7, 11) is 0. The Morgan fingerprint density at radius 1 is 1.24 bits per heavy atom. The second kappa shape index (κ2) is 4.88. The predicted molar refractivity (Wildman–Crippen MR) is 79.7 cm³/mol. The van der Waals surface area contributed by atoms with Gasteiger partial charge in [-0.15, -0.1) is 0 Å². The molecule has 2 unspecified atom stereocenters. The fourth-order valence-electron chi connectivity index (χ4n) is 3.19. The molecule has 21 heavy (non-hydrogen) atoms. The van der Waals surface area contributed by atoms with Gasteiger partial charge >= 0.3 is 0 Å². The van der Waals surface area contributed by atoms with E-state index in [-0.39, 0.29) is 11.7 Å². The maximum absolute atomic E-state index is 12.8. The highest BCUT2D eigenvalue weighted by molar-refractivity contribution is 5.91. The zero-order chi connectivity index (χ0) is 14.2. The molecule has 0 amide bonds. The van der Waals surface area contributed by atoms with Crippen molar-refractivity contribution in [1.29, 1.82) is 0 Å². The fourth-order valence-corrected chi connectivity index (χ4v) is 3.19. The van der Waals surface area contributed by atoms with Crippen LogP contribution in [0.1, 0.15) is 23.6 Å². The van der Waals surface area contributed by atoms with Gasteiger partial charge in [0, 0.05) is 6.20 Å². The Hall–Kier alpha value is -2.36. The first-order chi connectivity index (χ1) is 10.3. The van der Waals surface area contributed by atoms with Gasteiger partial charge in [-0.3, -0.25) is 9.78 Å². The maximum Gasteiger partial charge on any atom is 0.184 e. The molecule has 4 nitrogen and oxygen atoms in total. The third-order valence-electron chi connectivity index (χ3n) is 4.25. The lowest BCUT2D eigenvalue weighted by Gasteiger charge is -2.28. The van der Waals surface area contributed by atoms with E-state index < -0.39 is 6.10 Å². The molecule has 0 saturated heterocycles. The lowest BCUT2D eigenvalue weighted by molar-refractivity contribution is -0.127. The molecule has 4 heteroatoms. The molecule has 2 atom stereocenters. The Morgan fingerprint density at radius 2 is 2.14 bits per heavy atom. The highest BCUT2D eigenvalue weighted by Crippen LogP contribution is 2.35. The van der Waals surface area contributed by atoms with E-state index in [1.165, 1.54) is 5.56 Å². The number of hydrogen-bond acceptors (Lipinski definition) is 4. The van der Waals surface area contributed by atoms with Gasteiger partial charge in [-0.1, -0.05) is 18.2 Å². The lowest BCUT2D eigenvalue weighted by atomic mass is 9.96. The van der Waals surface area contributed by atoms with Crippen molar-refractivity contribution < 1.29 is 9.53 Å². The number of anilines is 1. The summed E-state index contributed by atoms with van der Waals surface area (Å²) in [6.07, 6.45) is 3.10. The number of Topliss-reactive ketones (excluding diaryl/α,β-unsaturated/α-hetero) is 1. The number of ketones is 1. The number of rotatable bonds is 2. The minimum absolute atomic E-state index is 0.127. The van der Waals surface area contributed by atoms with Crippen molar-refractivity contribution in [2.75, 3.05) is 11.9 Å². The maximum atomic E-state index is 12.8. The summed E-state index contributed by atoms with van der Waals surface area (Å²) < 4.78 is 5.88. The summed E-state index contributed by atoms with van der Waals surface area (Å²) in [5.74, 6) is 0.758. The van der Waals surface area contributed by atoms with E-state index in [4.69, 9.17) is 4.74 Å². The number of ether oxygens (including phenoxy) is 1. The van der Waals surface area contributed by atoms with E-state index in [0.717, 1.165) is 30.0 Å². The van der Waals surface area contributed by atoms with Gasteiger partial charge in [0.05, 0.1) is 23.8 Å². The van der Waals surface area contributed by atoms with Gasteiger partial charge in [-0.2, -0.15) is 0 Å². The number of aryl methyl sites for hydroxylation is 1. The smallest absolute Gasteiger partial charge is 0.184 e. The second-order valence-corrected chi connectivity index (χ2v) is 5.52. The number of nitrogens with one attached hydrogen (secondary N) is 1. The molecule has 1 aromatic carbocycles. The normalized spacial score (nSPS) is 22.7. The number of pyridine rings is 1. The average molecular weight is 280 g/mol. The standard InChI is InChI=1S/C17H16N2O2/c20-17(12-8-7-11-4-3-9-18-16(11)12)15-10-19-13-5-1-2-6-14(13)21-15/h1-6,9,12,15,19H,7-8,10H2. The minimum atomic E-state index is -0.433. The van der Waals surface area contributed by atoms with E-state index in [9.17, 15) is 4.79 Å². The molecule has 4 rings (SSSR count). The van der Waals surface area contributed by atoms with E-state index in [0.29, 0.717) is 6.54 Å².